The van der Waals surface area contributed by atoms with Crippen molar-refractivity contribution in [2.75, 3.05) is 13.1 Å². The van der Waals surface area contributed by atoms with E-state index >= 15 is 0 Å². The van der Waals surface area contributed by atoms with Gasteiger partial charge >= 0.3 is 13.9 Å². The molecular formula is C26H37N4O8P. The third-order valence-electron chi connectivity index (χ3n) is 6.87. The number of benzene rings is 1. The molecule has 1 aliphatic heterocycles. The molecule has 0 spiro atoms. The number of Topliss-reactive ketones (excluding diaryl/α,β-unsaturated/α-hetero) is 1. The van der Waals surface area contributed by atoms with Crippen LogP contribution in [-0.2, 0) is 18.9 Å². The summed E-state index contributed by atoms with van der Waals surface area (Å²) in [6, 6.07) is 3.92. The fourth-order valence-corrected chi connectivity index (χ4v) is 5.43. The van der Waals surface area contributed by atoms with Gasteiger partial charge in [-0.2, -0.15) is 0 Å². The van der Waals surface area contributed by atoms with E-state index in [1.54, 1.807) is 24.0 Å². The van der Waals surface area contributed by atoms with E-state index in [1.807, 2.05) is 13.8 Å². The van der Waals surface area contributed by atoms with Gasteiger partial charge in [0.25, 0.3) is 0 Å². The molecule has 2 fully saturated rings. The van der Waals surface area contributed by atoms with Crippen LogP contribution in [0.5, 0.6) is 5.75 Å². The first-order valence-corrected chi connectivity index (χ1v) is 14.5. The van der Waals surface area contributed by atoms with Crippen molar-refractivity contribution in [1.82, 2.24) is 15.5 Å². The zero-order valence-corrected chi connectivity index (χ0v) is 23.2. The summed E-state index contributed by atoms with van der Waals surface area (Å²) in [7, 11) is -4.67. The van der Waals surface area contributed by atoms with Crippen LogP contribution in [0, 0.1) is 17.8 Å². The summed E-state index contributed by atoms with van der Waals surface area (Å²) in [5, 5.41) is 5.28. The maximum atomic E-state index is 13.6. The number of nitrogens with zero attached hydrogens (tertiary/aromatic N) is 1. The van der Waals surface area contributed by atoms with Crippen molar-refractivity contribution in [3.8, 4) is 5.75 Å². The number of phosphoric acid groups is 1. The minimum atomic E-state index is -4.67. The minimum Gasteiger partial charge on any atom is -0.404 e. The molecule has 6 N–H and O–H groups in total. The van der Waals surface area contributed by atoms with E-state index in [4.69, 9.17) is 15.5 Å². The van der Waals surface area contributed by atoms with E-state index in [0.717, 1.165) is 6.42 Å². The number of carbonyl (C=O) groups excluding carboxylic acids is 4. The van der Waals surface area contributed by atoms with Crippen LogP contribution >= 0.6 is 7.82 Å². The van der Waals surface area contributed by atoms with Gasteiger partial charge in [-0.3, -0.25) is 24.2 Å². The summed E-state index contributed by atoms with van der Waals surface area (Å²) < 4.78 is 15.5. The highest BCUT2D eigenvalue weighted by Crippen LogP contribution is 2.50. The fourth-order valence-electron chi connectivity index (χ4n) is 5.03. The van der Waals surface area contributed by atoms with Crippen molar-refractivity contribution in [3.63, 3.8) is 0 Å². The number of ketones is 1. The highest BCUT2D eigenvalue weighted by atomic mass is 31.2. The number of rotatable bonds is 13. The van der Waals surface area contributed by atoms with Crippen molar-refractivity contribution in [2.45, 2.75) is 58.5 Å². The van der Waals surface area contributed by atoms with Crippen molar-refractivity contribution in [1.29, 1.82) is 0 Å². The number of nitrogens with one attached hydrogen (secondary N) is 2. The molecule has 13 heteroatoms. The molecule has 1 aliphatic carbocycles. The van der Waals surface area contributed by atoms with Crippen LogP contribution in [0.2, 0.25) is 0 Å². The van der Waals surface area contributed by atoms with E-state index in [1.165, 1.54) is 18.2 Å². The van der Waals surface area contributed by atoms with Crippen LogP contribution in [-0.4, -0.2) is 63.5 Å². The number of hydrogen-bond donors (Lipinski definition) is 5. The lowest BCUT2D eigenvalue weighted by Gasteiger charge is -2.31. The molecule has 4 atom stereocenters. The number of nitrogens with two attached hydrogens (primary N) is 1. The van der Waals surface area contributed by atoms with Gasteiger partial charge in [0.15, 0.2) is 5.78 Å². The lowest BCUT2D eigenvalue weighted by molar-refractivity contribution is -0.141. The van der Waals surface area contributed by atoms with Gasteiger partial charge in [0.2, 0.25) is 11.8 Å². The van der Waals surface area contributed by atoms with Crippen LogP contribution in [0.15, 0.2) is 30.3 Å². The Kier molecular flexibility index (Phi) is 9.93. The summed E-state index contributed by atoms with van der Waals surface area (Å²) in [6.45, 7) is 6.37. The molecule has 3 rings (SSSR count). The van der Waals surface area contributed by atoms with Gasteiger partial charge < -0.3 is 25.8 Å². The molecule has 214 valence electrons. The molecule has 0 radical (unpaired) electrons. The third kappa shape index (κ3) is 8.91. The highest BCUT2D eigenvalue weighted by molar-refractivity contribution is 7.46. The Morgan fingerprint density at radius 2 is 1.87 bits per heavy atom. The molecule has 1 saturated carbocycles. The summed E-state index contributed by atoms with van der Waals surface area (Å²) in [6.07, 6.45) is 3.32. The van der Waals surface area contributed by atoms with E-state index in [-0.39, 0.29) is 42.2 Å². The van der Waals surface area contributed by atoms with Crippen molar-refractivity contribution >= 4 is 37.0 Å². The number of piperidine rings is 1. The number of likely N-dealkylation sites (tertiary alicyclic amines) is 1. The molecule has 4 amide bonds. The van der Waals surface area contributed by atoms with Crippen LogP contribution in [0.4, 0.5) is 4.79 Å². The van der Waals surface area contributed by atoms with Crippen LogP contribution in [0.25, 0.3) is 5.57 Å². The molecule has 0 unspecified atom stereocenters. The topological polar surface area (TPSA) is 188 Å². The fraction of sp³-hybridized carbons (Fsp3) is 0.538. The predicted octanol–water partition coefficient (Wildman–Crippen LogP) is 1.96. The second-order valence-corrected chi connectivity index (χ2v) is 11.7. The molecule has 1 aromatic rings. The standard InChI is InChI=1S/C26H37N4O8P/c1-15(2)11-21(29-23(32)12-16(3)17-6-8-19(9-7-17)38-39(35,36)37)25(33)30-14-18-13-20(18)24(30)22(31)5-4-10-28-26(27)34/h6-9,12,15,18,20-21,24H,4-5,10-11,13-14H2,1-3H3,(H,29,32)(H3,27,28,34)(H2,35,36,37)/b16-12+/t18-,20-,21+,24+/m1/s1. The predicted molar refractivity (Wildman–Crippen MR) is 143 cm³/mol. The maximum absolute atomic E-state index is 13.6. The molecule has 0 aromatic heterocycles. The number of urea groups is 1. The molecule has 1 saturated heterocycles. The zero-order valence-electron chi connectivity index (χ0n) is 22.3. The number of carbonyl (C=O) groups is 4. The first-order chi connectivity index (χ1) is 18.2. The Labute approximate surface area is 227 Å². The highest BCUT2D eigenvalue weighted by Gasteiger charge is 2.56. The molecular weight excluding hydrogens is 527 g/mol. The van der Waals surface area contributed by atoms with Crippen molar-refractivity contribution < 1.29 is 38.1 Å². The minimum absolute atomic E-state index is 0.0103. The van der Waals surface area contributed by atoms with E-state index in [9.17, 15) is 23.7 Å². The quantitative estimate of drug-likeness (QED) is 0.137. The van der Waals surface area contributed by atoms with Crippen molar-refractivity contribution in [3.05, 3.63) is 35.9 Å². The Hall–Kier alpha value is -3.21. The number of phosphoric ester groups is 1. The largest absolute Gasteiger partial charge is 0.524 e. The van der Waals surface area contributed by atoms with E-state index in [2.05, 4.69) is 15.2 Å². The molecule has 1 aromatic carbocycles. The van der Waals surface area contributed by atoms with Gasteiger partial charge in [-0.05, 0) is 67.2 Å². The van der Waals surface area contributed by atoms with Gasteiger partial charge in [0.05, 0.1) is 6.04 Å². The normalized spacial score (nSPS) is 21.2. The number of amides is 4. The monoisotopic (exact) mass is 564 g/mol. The van der Waals surface area contributed by atoms with Gasteiger partial charge in [0, 0.05) is 25.6 Å². The summed E-state index contributed by atoms with van der Waals surface area (Å²) in [5.74, 6) is -0.256. The molecule has 0 bridgehead atoms. The SMILES string of the molecule is C/C(=C\C(=O)N[C@@H](CC(C)C)C(=O)N1C[C@H]2C[C@H]2[C@H]1C(=O)CCCNC(N)=O)c1ccc(OP(=O)(O)O)cc1. The summed E-state index contributed by atoms with van der Waals surface area (Å²) >= 11 is 0. The first-order valence-electron chi connectivity index (χ1n) is 13.0. The first kappa shape index (κ1) is 30.3. The van der Waals surface area contributed by atoms with Gasteiger partial charge in [-0.15, -0.1) is 0 Å². The Bertz CT molecular complexity index is 1160. The Morgan fingerprint density at radius 1 is 1.21 bits per heavy atom. The average Bonchev–Trinajstić information content (AvgIpc) is 3.48. The smallest absolute Gasteiger partial charge is 0.404 e. The van der Waals surface area contributed by atoms with Crippen LogP contribution in [0.1, 0.15) is 52.0 Å². The second-order valence-electron chi connectivity index (χ2n) is 10.6. The van der Waals surface area contributed by atoms with Gasteiger partial charge in [0.1, 0.15) is 11.8 Å². The van der Waals surface area contributed by atoms with E-state index < -0.39 is 31.8 Å². The number of allylic oxidation sites excluding steroid dienone is 1. The van der Waals surface area contributed by atoms with Crippen molar-refractivity contribution in [2.24, 2.45) is 23.5 Å². The van der Waals surface area contributed by atoms with Crippen LogP contribution in [0.3, 0.4) is 0 Å². The second kappa shape index (κ2) is 12.8. The van der Waals surface area contributed by atoms with E-state index in [0.29, 0.717) is 36.4 Å². The van der Waals surface area contributed by atoms with Gasteiger partial charge in [-0.1, -0.05) is 26.0 Å². The number of hydrogen-bond acceptors (Lipinski definition) is 6. The zero-order chi connectivity index (χ0) is 28.9. The average molecular weight is 565 g/mol. The maximum Gasteiger partial charge on any atom is 0.524 e. The Morgan fingerprint density at radius 3 is 2.46 bits per heavy atom. The summed E-state index contributed by atoms with van der Waals surface area (Å²) in [4.78, 5) is 69.9. The molecule has 39 heavy (non-hydrogen) atoms. The van der Waals surface area contributed by atoms with Crippen LogP contribution < -0.4 is 20.9 Å². The van der Waals surface area contributed by atoms with Gasteiger partial charge in [-0.25, -0.2) is 9.36 Å². The lowest BCUT2D eigenvalue weighted by Crippen LogP contribution is -2.53. The summed E-state index contributed by atoms with van der Waals surface area (Å²) in [5.41, 5.74) is 6.27. The molecule has 1 heterocycles. The lowest BCUT2D eigenvalue weighted by atomic mass is 9.99. The Balaban J connectivity index is 1.66. The number of primary amides is 1. The third-order valence-corrected chi connectivity index (χ3v) is 7.31. The molecule has 2 aliphatic rings. The number of fused-ring (bicyclic) bond motifs is 1. The molecule has 12 nitrogen and oxygen atoms in total.